The molecule has 0 saturated heterocycles. The fraction of sp³-hybridized carbons (Fsp3) is 0.280. The molecule has 162 valence electrons. The van der Waals surface area contributed by atoms with Gasteiger partial charge in [-0.3, -0.25) is 19.0 Å². The maximum absolute atomic E-state index is 13.0. The Morgan fingerprint density at radius 2 is 1.84 bits per heavy atom. The van der Waals surface area contributed by atoms with E-state index in [2.05, 4.69) is 27.4 Å². The Labute approximate surface area is 190 Å². The van der Waals surface area contributed by atoms with Crippen molar-refractivity contribution in [3.63, 3.8) is 0 Å². The van der Waals surface area contributed by atoms with Gasteiger partial charge in [-0.2, -0.15) is 0 Å². The predicted molar refractivity (Wildman–Crippen MR) is 125 cm³/mol. The molecule has 4 aromatic rings. The highest BCUT2D eigenvalue weighted by molar-refractivity contribution is 7.17. The summed E-state index contributed by atoms with van der Waals surface area (Å²) in [5, 5.41) is 3.02. The minimum Gasteiger partial charge on any atom is -0.351 e. The second-order valence-electron chi connectivity index (χ2n) is 8.40. The van der Waals surface area contributed by atoms with E-state index >= 15 is 0 Å². The van der Waals surface area contributed by atoms with Gasteiger partial charge in [0.2, 0.25) is 0 Å². The fourth-order valence-electron chi connectivity index (χ4n) is 4.63. The van der Waals surface area contributed by atoms with Crippen molar-refractivity contribution < 1.29 is 4.79 Å². The van der Waals surface area contributed by atoms with Crippen LogP contribution in [0.1, 0.15) is 52.0 Å². The molecule has 1 saturated carbocycles. The molecule has 0 aliphatic heterocycles. The summed E-state index contributed by atoms with van der Waals surface area (Å²) in [5.41, 5.74) is 2.02. The van der Waals surface area contributed by atoms with E-state index < -0.39 is 0 Å². The highest BCUT2D eigenvalue weighted by Crippen LogP contribution is 2.40. The van der Waals surface area contributed by atoms with Gasteiger partial charge >= 0.3 is 0 Å². The van der Waals surface area contributed by atoms with Gasteiger partial charge in [-0.1, -0.05) is 43.2 Å². The molecule has 1 fully saturated rings. The van der Waals surface area contributed by atoms with E-state index in [0.29, 0.717) is 11.5 Å². The van der Waals surface area contributed by atoms with Crippen LogP contribution in [-0.2, 0) is 11.8 Å². The van der Waals surface area contributed by atoms with Crippen LogP contribution >= 0.6 is 11.3 Å². The van der Waals surface area contributed by atoms with Crippen molar-refractivity contribution in [1.82, 2.24) is 19.7 Å². The van der Waals surface area contributed by atoms with E-state index in [4.69, 9.17) is 0 Å². The SMILES string of the molecule is O=C(NCC1(c2ccncc2)CCCC1)c1cnc2sc(Cc3ccccc3)cn2c1=O. The standard InChI is InChI=1S/C25H24N4O2S/c30-22(28-17-25(10-4-5-11-25)19-8-12-26-13-9-19)21-15-27-24-29(23(21)31)16-20(32-24)14-18-6-2-1-3-7-18/h1-3,6-9,12-13,15-16H,4-5,10-11,14,17H2,(H,28,30). The molecular formula is C25H24N4O2S. The van der Waals surface area contributed by atoms with Gasteiger partial charge in [0.05, 0.1) is 0 Å². The van der Waals surface area contributed by atoms with Crippen molar-refractivity contribution in [3.8, 4) is 0 Å². The first-order valence-electron chi connectivity index (χ1n) is 10.9. The Morgan fingerprint density at radius 1 is 1.09 bits per heavy atom. The van der Waals surface area contributed by atoms with Gasteiger partial charge in [0.15, 0.2) is 4.96 Å². The summed E-state index contributed by atoms with van der Waals surface area (Å²) in [6.07, 6.45) is 11.8. The van der Waals surface area contributed by atoms with Crippen LogP contribution in [0.4, 0.5) is 0 Å². The van der Waals surface area contributed by atoms with Crippen LogP contribution in [0.15, 0.2) is 72.0 Å². The molecule has 1 amide bonds. The number of pyridine rings is 1. The maximum Gasteiger partial charge on any atom is 0.271 e. The number of aromatic nitrogens is 3. The first-order valence-corrected chi connectivity index (χ1v) is 11.7. The number of hydrogen-bond acceptors (Lipinski definition) is 5. The highest BCUT2D eigenvalue weighted by Gasteiger charge is 2.36. The molecule has 0 radical (unpaired) electrons. The lowest BCUT2D eigenvalue weighted by molar-refractivity contribution is 0.0941. The van der Waals surface area contributed by atoms with Crippen molar-refractivity contribution in [2.45, 2.75) is 37.5 Å². The molecular weight excluding hydrogens is 420 g/mol. The van der Waals surface area contributed by atoms with Crippen LogP contribution in [-0.4, -0.2) is 26.8 Å². The van der Waals surface area contributed by atoms with E-state index in [-0.39, 0.29) is 22.4 Å². The molecule has 0 bridgehead atoms. The number of rotatable bonds is 6. The molecule has 0 atom stereocenters. The Balaban J connectivity index is 1.36. The number of thiazole rings is 1. The van der Waals surface area contributed by atoms with E-state index in [1.165, 1.54) is 33.1 Å². The van der Waals surface area contributed by atoms with Gasteiger partial charge in [-0.05, 0) is 36.1 Å². The minimum atomic E-state index is -0.368. The monoisotopic (exact) mass is 444 g/mol. The molecule has 32 heavy (non-hydrogen) atoms. The second kappa shape index (κ2) is 8.67. The molecule has 1 aromatic carbocycles. The summed E-state index contributed by atoms with van der Waals surface area (Å²) < 4.78 is 1.49. The molecule has 7 heteroatoms. The molecule has 1 aliphatic rings. The minimum absolute atomic E-state index is 0.0782. The summed E-state index contributed by atoms with van der Waals surface area (Å²) in [5.74, 6) is -0.368. The third kappa shape index (κ3) is 3.96. The van der Waals surface area contributed by atoms with Gasteiger partial charge in [0, 0.05) is 48.0 Å². The van der Waals surface area contributed by atoms with E-state index in [1.54, 1.807) is 18.6 Å². The fourth-order valence-corrected chi connectivity index (χ4v) is 5.61. The zero-order valence-corrected chi connectivity index (χ0v) is 18.5. The summed E-state index contributed by atoms with van der Waals surface area (Å²) >= 11 is 1.47. The zero-order valence-electron chi connectivity index (χ0n) is 17.7. The molecule has 6 nitrogen and oxygen atoms in total. The number of nitrogens with zero attached hydrogens (tertiary/aromatic N) is 3. The van der Waals surface area contributed by atoms with Crippen LogP contribution in [0.5, 0.6) is 0 Å². The van der Waals surface area contributed by atoms with Crippen molar-refractivity contribution >= 4 is 22.2 Å². The Bertz CT molecular complexity index is 1290. The van der Waals surface area contributed by atoms with Gasteiger partial charge in [0.25, 0.3) is 11.5 Å². The normalized spacial score (nSPS) is 15.1. The Kier molecular flexibility index (Phi) is 5.57. The van der Waals surface area contributed by atoms with E-state index in [9.17, 15) is 9.59 Å². The number of amides is 1. The van der Waals surface area contributed by atoms with Gasteiger partial charge in [0.1, 0.15) is 5.56 Å². The quantitative estimate of drug-likeness (QED) is 0.488. The molecule has 0 unspecified atom stereocenters. The lowest BCUT2D eigenvalue weighted by Gasteiger charge is -2.29. The number of carbonyl (C=O) groups excluding carboxylic acids is 1. The van der Waals surface area contributed by atoms with Crippen LogP contribution in [0, 0.1) is 0 Å². The van der Waals surface area contributed by atoms with Gasteiger partial charge < -0.3 is 5.32 Å². The van der Waals surface area contributed by atoms with Crippen molar-refractivity contribution in [3.05, 3.63) is 99.2 Å². The van der Waals surface area contributed by atoms with Gasteiger partial charge in [-0.25, -0.2) is 4.98 Å². The largest absolute Gasteiger partial charge is 0.351 e. The predicted octanol–water partition coefficient (Wildman–Crippen LogP) is 3.98. The van der Waals surface area contributed by atoms with Crippen LogP contribution in [0.25, 0.3) is 4.96 Å². The van der Waals surface area contributed by atoms with Crippen LogP contribution in [0.3, 0.4) is 0 Å². The maximum atomic E-state index is 13.0. The topological polar surface area (TPSA) is 76.4 Å². The lowest BCUT2D eigenvalue weighted by atomic mass is 9.79. The van der Waals surface area contributed by atoms with E-state index in [0.717, 1.165) is 37.0 Å². The molecule has 0 spiro atoms. The smallest absolute Gasteiger partial charge is 0.271 e. The third-order valence-corrected chi connectivity index (χ3v) is 7.36. The first kappa shape index (κ1) is 20.6. The number of fused-ring (bicyclic) bond motifs is 1. The summed E-state index contributed by atoms with van der Waals surface area (Å²) in [6, 6.07) is 14.1. The Hall–Kier alpha value is -3.32. The third-order valence-electron chi connectivity index (χ3n) is 6.36. The zero-order chi connectivity index (χ0) is 22.0. The summed E-state index contributed by atoms with van der Waals surface area (Å²) in [4.78, 5) is 36.1. The molecule has 3 heterocycles. The highest BCUT2D eigenvalue weighted by atomic mass is 32.1. The Morgan fingerprint density at radius 3 is 2.59 bits per heavy atom. The number of hydrogen-bond donors (Lipinski definition) is 1. The number of nitrogens with one attached hydrogen (secondary N) is 1. The molecule has 5 rings (SSSR count). The van der Waals surface area contributed by atoms with Crippen LogP contribution < -0.4 is 10.9 Å². The molecule has 3 aromatic heterocycles. The van der Waals surface area contributed by atoms with E-state index in [1.807, 2.05) is 30.3 Å². The first-order chi connectivity index (χ1) is 15.6. The van der Waals surface area contributed by atoms with Crippen molar-refractivity contribution in [1.29, 1.82) is 0 Å². The average molecular weight is 445 g/mol. The average Bonchev–Trinajstić information content (AvgIpc) is 3.47. The molecule has 1 aliphatic carbocycles. The number of carbonyl (C=O) groups is 1. The van der Waals surface area contributed by atoms with Crippen LogP contribution in [0.2, 0.25) is 0 Å². The summed E-state index contributed by atoms with van der Waals surface area (Å²) in [6.45, 7) is 0.501. The second-order valence-corrected chi connectivity index (χ2v) is 9.49. The lowest BCUT2D eigenvalue weighted by Crippen LogP contribution is -2.41. The number of benzene rings is 1. The summed E-state index contributed by atoms with van der Waals surface area (Å²) in [7, 11) is 0. The van der Waals surface area contributed by atoms with Gasteiger partial charge in [-0.15, -0.1) is 11.3 Å². The van der Waals surface area contributed by atoms with Crippen molar-refractivity contribution in [2.75, 3.05) is 6.54 Å². The molecule has 1 N–H and O–H groups in total. The van der Waals surface area contributed by atoms with Crippen molar-refractivity contribution in [2.24, 2.45) is 0 Å².